The minimum absolute atomic E-state index is 0.0335. The summed E-state index contributed by atoms with van der Waals surface area (Å²) in [5.41, 5.74) is 8.05. The number of nitrogens with two attached hydrogens (primary N) is 1. The van der Waals surface area contributed by atoms with E-state index in [-0.39, 0.29) is 5.91 Å². The van der Waals surface area contributed by atoms with Crippen LogP contribution in [0.5, 0.6) is 0 Å². The number of halogens is 1. The standard InChI is InChI=1S/C12H11BrN2OS/c13-10-6-9(14)1-2-11(10)15-12(16)5-8-3-4-17-7-8/h1-4,6-7H,5,14H2,(H,15,16). The van der Waals surface area contributed by atoms with E-state index in [1.807, 2.05) is 16.8 Å². The van der Waals surface area contributed by atoms with Crippen LogP contribution in [0, 0.1) is 0 Å². The van der Waals surface area contributed by atoms with E-state index in [4.69, 9.17) is 5.73 Å². The summed E-state index contributed by atoms with van der Waals surface area (Å²) >= 11 is 4.95. The maximum absolute atomic E-state index is 11.8. The number of rotatable bonds is 3. The number of hydrogen-bond donors (Lipinski definition) is 2. The van der Waals surface area contributed by atoms with Crippen molar-refractivity contribution in [3.05, 3.63) is 45.1 Å². The van der Waals surface area contributed by atoms with E-state index in [2.05, 4.69) is 21.2 Å². The van der Waals surface area contributed by atoms with Crippen LogP contribution in [-0.4, -0.2) is 5.91 Å². The summed E-state index contributed by atoms with van der Waals surface area (Å²) in [4.78, 5) is 11.8. The van der Waals surface area contributed by atoms with Crippen LogP contribution in [-0.2, 0) is 11.2 Å². The van der Waals surface area contributed by atoms with E-state index >= 15 is 0 Å². The fourth-order valence-electron chi connectivity index (χ4n) is 1.41. The van der Waals surface area contributed by atoms with Crippen LogP contribution in [0.4, 0.5) is 11.4 Å². The molecule has 5 heteroatoms. The second-order valence-corrected chi connectivity index (χ2v) is 5.23. The largest absolute Gasteiger partial charge is 0.399 e. The zero-order valence-electron chi connectivity index (χ0n) is 8.94. The molecule has 0 saturated carbocycles. The summed E-state index contributed by atoms with van der Waals surface area (Å²) in [5, 5.41) is 6.77. The molecule has 88 valence electrons. The minimum Gasteiger partial charge on any atom is -0.399 e. The molecule has 0 aliphatic carbocycles. The van der Waals surface area contributed by atoms with Crippen molar-refractivity contribution in [1.29, 1.82) is 0 Å². The number of nitrogen functional groups attached to an aromatic ring is 1. The minimum atomic E-state index is -0.0335. The summed E-state index contributed by atoms with van der Waals surface area (Å²) in [6, 6.07) is 7.25. The Morgan fingerprint density at radius 3 is 2.88 bits per heavy atom. The van der Waals surface area contributed by atoms with Crippen molar-refractivity contribution in [2.45, 2.75) is 6.42 Å². The van der Waals surface area contributed by atoms with Crippen molar-refractivity contribution >= 4 is 44.5 Å². The number of nitrogens with one attached hydrogen (secondary N) is 1. The maximum atomic E-state index is 11.8. The molecule has 0 bridgehead atoms. The summed E-state index contributed by atoms with van der Waals surface area (Å²) in [6.07, 6.45) is 0.389. The molecule has 3 nitrogen and oxygen atoms in total. The Labute approximate surface area is 112 Å². The summed E-state index contributed by atoms with van der Waals surface area (Å²) < 4.78 is 0.788. The van der Waals surface area contributed by atoms with Gasteiger partial charge in [-0.1, -0.05) is 0 Å². The lowest BCUT2D eigenvalue weighted by Crippen LogP contribution is -2.14. The first kappa shape index (κ1) is 12.1. The Bertz CT molecular complexity index is 525. The SMILES string of the molecule is Nc1ccc(NC(=O)Cc2ccsc2)c(Br)c1. The van der Waals surface area contributed by atoms with Crippen molar-refractivity contribution in [2.75, 3.05) is 11.1 Å². The molecule has 0 atom stereocenters. The second-order valence-electron chi connectivity index (χ2n) is 3.60. The molecule has 0 aliphatic heterocycles. The van der Waals surface area contributed by atoms with Gasteiger partial charge in [0.25, 0.3) is 0 Å². The number of thiophene rings is 1. The molecule has 2 aromatic rings. The summed E-state index contributed by atoms with van der Waals surface area (Å²) in [5.74, 6) is -0.0335. The Morgan fingerprint density at radius 1 is 1.41 bits per heavy atom. The van der Waals surface area contributed by atoms with Crippen LogP contribution in [0.25, 0.3) is 0 Å². The summed E-state index contributed by atoms with van der Waals surface area (Å²) in [7, 11) is 0. The Morgan fingerprint density at radius 2 is 2.24 bits per heavy atom. The Kier molecular flexibility index (Phi) is 3.81. The molecule has 0 fully saturated rings. The third-order valence-corrected chi connectivity index (χ3v) is 3.60. The Balaban J connectivity index is 2.03. The number of carbonyl (C=O) groups is 1. The molecule has 0 radical (unpaired) electrons. The zero-order chi connectivity index (χ0) is 12.3. The van der Waals surface area contributed by atoms with Gasteiger partial charge in [0.2, 0.25) is 5.91 Å². The number of carbonyl (C=O) groups excluding carboxylic acids is 1. The van der Waals surface area contributed by atoms with Gasteiger partial charge in [0.05, 0.1) is 12.1 Å². The van der Waals surface area contributed by atoms with Gasteiger partial charge in [0.1, 0.15) is 0 Å². The van der Waals surface area contributed by atoms with Crippen molar-refractivity contribution in [3.63, 3.8) is 0 Å². The van der Waals surface area contributed by atoms with Crippen molar-refractivity contribution in [1.82, 2.24) is 0 Å². The lowest BCUT2D eigenvalue weighted by atomic mass is 10.2. The predicted molar refractivity (Wildman–Crippen MR) is 75.2 cm³/mol. The number of benzene rings is 1. The second kappa shape index (κ2) is 5.33. The van der Waals surface area contributed by atoms with Crippen LogP contribution < -0.4 is 11.1 Å². The van der Waals surface area contributed by atoms with Gasteiger partial charge in [0.15, 0.2) is 0 Å². The lowest BCUT2D eigenvalue weighted by molar-refractivity contribution is -0.115. The fraction of sp³-hybridized carbons (Fsp3) is 0.0833. The van der Waals surface area contributed by atoms with Crippen LogP contribution in [0.2, 0.25) is 0 Å². The first-order valence-corrected chi connectivity index (χ1v) is 6.74. The first-order valence-electron chi connectivity index (χ1n) is 5.01. The van der Waals surface area contributed by atoms with E-state index in [0.717, 1.165) is 15.7 Å². The van der Waals surface area contributed by atoms with Gasteiger partial charge in [-0.15, -0.1) is 0 Å². The quantitative estimate of drug-likeness (QED) is 0.855. The molecular weight excluding hydrogens is 300 g/mol. The molecule has 3 N–H and O–H groups in total. The van der Waals surface area contributed by atoms with Crippen LogP contribution in [0.1, 0.15) is 5.56 Å². The Hall–Kier alpha value is -1.33. The molecule has 17 heavy (non-hydrogen) atoms. The number of anilines is 2. The van der Waals surface area contributed by atoms with Gasteiger partial charge >= 0.3 is 0 Å². The van der Waals surface area contributed by atoms with Crippen LogP contribution >= 0.6 is 27.3 Å². The third kappa shape index (κ3) is 3.31. The molecule has 1 aromatic heterocycles. The predicted octanol–water partition coefficient (Wildman–Crippen LogP) is 3.27. The maximum Gasteiger partial charge on any atom is 0.228 e. The van der Waals surface area contributed by atoms with Gasteiger partial charge in [-0.25, -0.2) is 0 Å². The van der Waals surface area contributed by atoms with Gasteiger partial charge in [-0.05, 0) is 56.5 Å². The summed E-state index contributed by atoms with van der Waals surface area (Å²) in [6.45, 7) is 0. The van der Waals surface area contributed by atoms with E-state index in [0.29, 0.717) is 12.1 Å². The van der Waals surface area contributed by atoms with Crippen molar-refractivity contribution in [2.24, 2.45) is 0 Å². The van der Waals surface area contributed by atoms with Gasteiger partial charge in [-0.3, -0.25) is 4.79 Å². The monoisotopic (exact) mass is 310 g/mol. The smallest absolute Gasteiger partial charge is 0.228 e. The first-order chi connectivity index (χ1) is 8.15. The van der Waals surface area contributed by atoms with Crippen LogP contribution in [0.3, 0.4) is 0 Å². The zero-order valence-corrected chi connectivity index (χ0v) is 11.3. The van der Waals surface area contributed by atoms with E-state index in [1.165, 1.54) is 0 Å². The highest BCUT2D eigenvalue weighted by molar-refractivity contribution is 9.10. The highest BCUT2D eigenvalue weighted by atomic mass is 79.9. The molecule has 0 unspecified atom stereocenters. The number of hydrogen-bond acceptors (Lipinski definition) is 3. The van der Waals surface area contributed by atoms with Gasteiger partial charge in [-0.2, -0.15) is 11.3 Å². The highest BCUT2D eigenvalue weighted by Crippen LogP contribution is 2.24. The molecule has 1 aromatic carbocycles. The molecule has 0 spiro atoms. The van der Waals surface area contributed by atoms with Gasteiger partial charge in [0, 0.05) is 10.2 Å². The average molecular weight is 311 g/mol. The van der Waals surface area contributed by atoms with E-state index < -0.39 is 0 Å². The van der Waals surface area contributed by atoms with E-state index in [9.17, 15) is 4.79 Å². The molecule has 1 heterocycles. The van der Waals surface area contributed by atoms with Crippen molar-refractivity contribution < 1.29 is 4.79 Å². The lowest BCUT2D eigenvalue weighted by Gasteiger charge is -2.07. The third-order valence-electron chi connectivity index (χ3n) is 2.21. The normalized spacial score (nSPS) is 10.2. The fourth-order valence-corrected chi connectivity index (χ4v) is 2.57. The van der Waals surface area contributed by atoms with Crippen LogP contribution in [0.15, 0.2) is 39.5 Å². The number of amides is 1. The van der Waals surface area contributed by atoms with E-state index in [1.54, 1.807) is 29.5 Å². The van der Waals surface area contributed by atoms with Gasteiger partial charge < -0.3 is 11.1 Å². The topological polar surface area (TPSA) is 55.1 Å². The molecule has 0 aliphatic rings. The molecule has 1 amide bonds. The average Bonchev–Trinajstić information content (AvgIpc) is 2.75. The molecular formula is C12H11BrN2OS. The molecule has 2 rings (SSSR count). The highest BCUT2D eigenvalue weighted by Gasteiger charge is 2.07. The molecule has 0 saturated heterocycles. The van der Waals surface area contributed by atoms with Crippen molar-refractivity contribution in [3.8, 4) is 0 Å².